The molecular weight excluding hydrogens is 360 g/mol. The molecule has 3 rings (SSSR count). The number of aromatic amines is 1. The number of aryl methyl sites for hydroxylation is 2. The van der Waals surface area contributed by atoms with E-state index in [9.17, 15) is 4.79 Å². The average molecular weight is 389 g/mol. The van der Waals surface area contributed by atoms with Crippen LogP contribution in [0, 0.1) is 5.92 Å². The number of nitrogens with zero attached hydrogens (tertiary/aromatic N) is 3. The molecule has 5 heteroatoms. The van der Waals surface area contributed by atoms with Crippen molar-refractivity contribution in [2.45, 2.75) is 45.4 Å². The number of nitrogens with one attached hydrogen (secondary N) is 1. The summed E-state index contributed by atoms with van der Waals surface area (Å²) in [7, 11) is 0. The number of allylic oxidation sites excluding steroid dienone is 8. The Morgan fingerprint density at radius 2 is 2.07 bits per heavy atom. The van der Waals surface area contributed by atoms with Crippen LogP contribution in [0.1, 0.15) is 43.1 Å². The second kappa shape index (κ2) is 11.1. The van der Waals surface area contributed by atoms with Gasteiger partial charge in [-0.15, -0.1) is 10.2 Å². The molecule has 2 aromatic rings. The number of carbonyl (C=O) groups excluding carboxylic acids is 1. The quantitative estimate of drug-likeness (QED) is 0.369. The van der Waals surface area contributed by atoms with Gasteiger partial charge in [0.1, 0.15) is 0 Å². The molecule has 0 fully saturated rings. The number of tetrazole rings is 1. The number of carbonyl (C=O) groups is 1. The van der Waals surface area contributed by atoms with Crippen LogP contribution in [0.4, 0.5) is 0 Å². The first kappa shape index (κ1) is 20.6. The maximum absolute atomic E-state index is 12.2. The molecule has 0 saturated heterocycles. The number of H-pyrrole nitrogens is 1. The highest BCUT2D eigenvalue weighted by Crippen LogP contribution is 2.25. The molecule has 0 aliphatic heterocycles. The number of rotatable bonds is 10. The SMILES string of the molecule is CCc1cccc(C/C=C/C=C2/C(=O)C=C[C@@H]2C/C=C\CCCc2nn[nH]n2)c1. The summed E-state index contributed by atoms with van der Waals surface area (Å²) >= 11 is 0. The first-order valence-electron chi connectivity index (χ1n) is 10.3. The topological polar surface area (TPSA) is 71.5 Å². The summed E-state index contributed by atoms with van der Waals surface area (Å²) in [4.78, 5) is 12.2. The van der Waals surface area contributed by atoms with Crippen LogP contribution in [0.15, 0.2) is 72.4 Å². The van der Waals surface area contributed by atoms with E-state index >= 15 is 0 Å². The summed E-state index contributed by atoms with van der Waals surface area (Å²) in [5.74, 6) is 1.04. The first-order valence-corrected chi connectivity index (χ1v) is 10.3. The molecule has 1 aromatic carbocycles. The van der Waals surface area contributed by atoms with Gasteiger partial charge in [0, 0.05) is 17.9 Å². The van der Waals surface area contributed by atoms with Crippen LogP contribution in [0.2, 0.25) is 0 Å². The van der Waals surface area contributed by atoms with Gasteiger partial charge >= 0.3 is 0 Å². The number of unbranched alkanes of at least 4 members (excludes halogenated alkanes) is 1. The molecule has 1 heterocycles. The smallest absolute Gasteiger partial charge is 0.182 e. The number of benzene rings is 1. The van der Waals surface area contributed by atoms with Gasteiger partial charge in [-0.2, -0.15) is 5.21 Å². The minimum Gasteiger partial charge on any atom is -0.290 e. The maximum Gasteiger partial charge on any atom is 0.182 e. The molecule has 0 amide bonds. The molecule has 1 atom stereocenters. The zero-order chi connectivity index (χ0) is 20.3. The Morgan fingerprint density at radius 3 is 2.90 bits per heavy atom. The summed E-state index contributed by atoms with van der Waals surface area (Å²) < 4.78 is 0. The summed E-state index contributed by atoms with van der Waals surface area (Å²) in [5.41, 5.74) is 3.53. The third kappa shape index (κ3) is 6.49. The van der Waals surface area contributed by atoms with Crippen molar-refractivity contribution in [1.29, 1.82) is 0 Å². The molecule has 5 nitrogen and oxygen atoms in total. The second-order valence-electron chi connectivity index (χ2n) is 7.19. The Kier molecular flexibility index (Phi) is 7.87. The Morgan fingerprint density at radius 1 is 1.17 bits per heavy atom. The molecule has 1 aliphatic carbocycles. The molecule has 1 N–H and O–H groups in total. The lowest BCUT2D eigenvalue weighted by atomic mass is 9.97. The van der Waals surface area contributed by atoms with Gasteiger partial charge in [-0.1, -0.05) is 72.9 Å². The molecule has 1 aliphatic rings. The average Bonchev–Trinajstić information content (AvgIpc) is 3.38. The van der Waals surface area contributed by atoms with E-state index in [1.54, 1.807) is 6.08 Å². The van der Waals surface area contributed by atoms with Crippen molar-refractivity contribution in [2.75, 3.05) is 0 Å². The van der Waals surface area contributed by atoms with E-state index in [0.29, 0.717) is 0 Å². The van der Waals surface area contributed by atoms with Gasteiger partial charge in [-0.3, -0.25) is 4.79 Å². The fraction of sp³-hybridized carbons (Fsp3) is 0.333. The van der Waals surface area contributed by atoms with Crippen LogP contribution < -0.4 is 0 Å². The molecule has 0 radical (unpaired) electrons. The summed E-state index contributed by atoms with van der Waals surface area (Å²) in [5, 5.41) is 13.9. The van der Waals surface area contributed by atoms with Crippen LogP contribution in [0.3, 0.4) is 0 Å². The van der Waals surface area contributed by atoms with Gasteiger partial charge in [-0.25, -0.2) is 0 Å². The van der Waals surface area contributed by atoms with Crippen molar-refractivity contribution < 1.29 is 4.79 Å². The van der Waals surface area contributed by atoms with E-state index in [4.69, 9.17) is 0 Å². The number of aromatic nitrogens is 4. The van der Waals surface area contributed by atoms with Gasteiger partial charge in [0.15, 0.2) is 11.6 Å². The van der Waals surface area contributed by atoms with Crippen molar-refractivity contribution in [3.05, 3.63) is 89.3 Å². The minimum atomic E-state index is 0.123. The molecule has 1 aromatic heterocycles. The van der Waals surface area contributed by atoms with E-state index in [2.05, 4.69) is 70.0 Å². The number of hydrogen-bond donors (Lipinski definition) is 1. The molecule has 150 valence electrons. The third-order valence-electron chi connectivity index (χ3n) is 5.05. The Balaban J connectivity index is 1.45. The molecule has 29 heavy (non-hydrogen) atoms. The van der Waals surface area contributed by atoms with Crippen LogP contribution in [0.25, 0.3) is 0 Å². The van der Waals surface area contributed by atoms with Crippen LogP contribution in [-0.2, 0) is 24.1 Å². The summed E-state index contributed by atoms with van der Waals surface area (Å²) in [6, 6.07) is 8.65. The first-order chi connectivity index (χ1) is 14.3. The Hall–Kier alpha value is -3.08. The van der Waals surface area contributed by atoms with Crippen molar-refractivity contribution in [2.24, 2.45) is 5.92 Å². The lowest BCUT2D eigenvalue weighted by Crippen LogP contribution is -2.01. The summed E-state index contributed by atoms with van der Waals surface area (Å²) in [6.07, 6.45) is 19.7. The van der Waals surface area contributed by atoms with E-state index in [1.165, 1.54) is 11.1 Å². The molecule has 0 saturated carbocycles. The highest BCUT2D eigenvalue weighted by Gasteiger charge is 2.20. The standard InChI is InChI=1S/C24H28N4O/c1-2-19-11-9-12-20(18-19)10-7-8-14-22-21(16-17-23(22)29)13-5-3-4-6-15-24-25-27-28-26-24/h3,5,7-9,11-12,14,16-18,21H,2,4,6,10,13,15H2,1H3,(H,25,26,27,28)/b5-3-,8-7+,22-14+/t21-/m0/s1. The van der Waals surface area contributed by atoms with Crippen molar-refractivity contribution in [3.63, 3.8) is 0 Å². The maximum atomic E-state index is 12.2. The Bertz CT molecular complexity index is 907. The molecule has 0 spiro atoms. The normalized spacial score (nSPS) is 18.0. The number of ketones is 1. The molecule has 0 bridgehead atoms. The van der Waals surface area contributed by atoms with E-state index in [-0.39, 0.29) is 11.7 Å². The predicted octanol–water partition coefficient (Wildman–Crippen LogP) is 4.51. The van der Waals surface area contributed by atoms with Crippen LogP contribution in [-0.4, -0.2) is 26.4 Å². The lowest BCUT2D eigenvalue weighted by molar-refractivity contribution is -0.111. The van der Waals surface area contributed by atoms with Crippen molar-refractivity contribution in [1.82, 2.24) is 20.6 Å². The van der Waals surface area contributed by atoms with Gasteiger partial charge in [0.25, 0.3) is 0 Å². The van der Waals surface area contributed by atoms with E-state index in [0.717, 1.165) is 49.9 Å². The van der Waals surface area contributed by atoms with Crippen LogP contribution in [0.5, 0.6) is 0 Å². The van der Waals surface area contributed by atoms with Gasteiger partial charge < -0.3 is 0 Å². The fourth-order valence-corrected chi connectivity index (χ4v) is 3.38. The Labute approximate surface area is 172 Å². The van der Waals surface area contributed by atoms with E-state index in [1.807, 2.05) is 18.2 Å². The third-order valence-corrected chi connectivity index (χ3v) is 5.05. The lowest BCUT2D eigenvalue weighted by Gasteiger charge is -2.06. The zero-order valence-electron chi connectivity index (χ0n) is 16.9. The number of hydrogen-bond acceptors (Lipinski definition) is 4. The monoisotopic (exact) mass is 388 g/mol. The van der Waals surface area contributed by atoms with Crippen molar-refractivity contribution >= 4 is 5.78 Å². The van der Waals surface area contributed by atoms with Crippen LogP contribution >= 0.6 is 0 Å². The van der Waals surface area contributed by atoms with E-state index < -0.39 is 0 Å². The zero-order valence-corrected chi connectivity index (χ0v) is 16.9. The largest absolute Gasteiger partial charge is 0.290 e. The fourth-order valence-electron chi connectivity index (χ4n) is 3.38. The predicted molar refractivity (Wildman–Crippen MR) is 115 cm³/mol. The summed E-state index contributed by atoms with van der Waals surface area (Å²) in [6.45, 7) is 2.17. The second-order valence-corrected chi connectivity index (χ2v) is 7.19. The van der Waals surface area contributed by atoms with Gasteiger partial charge in [0.05, 0.1) is 0 Å². The minimum absolute atomic E-state index is 0.123. The molecule has 0 unspecified atom stereocenters. The highest BCUT2D eigenvalue weighted by molar-refractivity contribution is 6.07. The van der Waals surface area contributed by atoms with Gasteiger partial charge in [-0.05, 0) is 49.3 Å². The highest BCUT2D eigenvalue weighted by atomic mass is 16.1. The van der Waals surface area contributed by atoms with Crippen molar-refractivity contribution in [3.8, 4) is 0 Å². The van der Waals surface area contributed by atoms with Gasteiger partial charge in [0.2, 0.25) is 0 Å². The molecular formula is C24H28N4O.